The van der Waals surface area contributed by atoms with Crippen molar-refractivity contribution in [1.82, 2.24) is 4.90 Å². The normalized spacial score (nSPS) is 12.8. The van der Waals surface area contributed by atoms with Crippen LogP contribution in [0.2, 0.25) is 0 Å². The van der Waals surface area contributed by atoms with Crippen LogP contribution in [-0.4, -0.2) is 49.6 Å². The molecule has 1 aromatic rings. The van der Waals surface area contributed by atoms with Gasteiger partial charge >= 0.3 is 5.97 Å². The molecule has 0 heterocycles. The van der Waals surface area contributed by atoms with Gasteiger partial charge in [-0.15, -0.1) is 0 Å². The summed E-state index contributed by atoms with van der Waals surface area (Å²) in [6.45, 7) is 1.34. The molecule has 1 amide bonds. The first-order valence-electron chi connectivity index (χ1n) is 5.92. The molecule has 0 saturated heterocycles. The maximum atomic E-state index is 12.2. The summed E-state index contributed by atoms with van der Waals surface area (Å²) in [7, 11) is -0.786. The van der Waals surface area contributed by atoms with Gasteiger partial charge < -0.3 is 10.0 Å². The Hall–Kier alpha value is -1.89. The van der Waals surface area contributed by atoms with E-state index in [1.54, 1.807) is 0 Å². The van der Waals surface area contributed by atoms with Gasteiger partial charge in [0.15, 0.2) is 9.84 Å². The van der Waals surface area contributed by atoms with Gasteiger partial charge in [-0.05, 0) is 24.6 Å². The largest absolute Gasteiger partial charge is 0.481 e. The van der Waals surface area contributed by atoms with Gasteiger partial charge in [-0.3, -0.25) is 9.59 Å². The topological polar surface area (TPSA) is 91.8 Å². The van der Waals surface area contributed by atoms with Crippen LogP contribution in [-0.2, 0) is 25.8 Å². The first kappa shape index (κ1) is 16.2. The van der Waals surface area contributed by atoms with Crippen LogP contribution in [0.15, 0.2) is 29.2 Å². The van der Waals surface area contributed by atoms with Gasteiger partial charge in [-0.1, -0.05) is 12.1 Å². The number of sulfone groups is 1. The van der Waals surface area contributed by atoms with E-state index in [9.17, 15) is 18.0 Å². The van der Waals surface area contributed by atoms with Gasteiger partial charge in [0.05, 0.1) is 11.3 Å². The number of aliphatic carboxylic acids is 1. The third kappa shape index (κ3) is 3.57. The summed E-state index contributed by atoms with van der Waals surface area (Å²) in [5, 5.41) is 7.47. The number of nitrogens with zero attached hydrogens (tertiary/aromatic N) is 1. The predicted octanol–water partition coefficient (Wildman–Crippen LogP) is 0.564. The van der Waals surface area contributed by atoms with E-state index in [4.69, 9.17) is 5.11 Å². The van der Waals surface area contributed by atoms with Gasteiger partial charge in [-0.25, -0.2) is 8.42 Å². The van der Waals surface area contributed by atoms with Crippen LogP contribution in [0, 0.1) is 0 Å². The lowest BCUT2D eigenvalue weighted by Gasteiger charge is -2.17. The number of hydrogen-bond donors (Lipinski definition) is 1. The zero-order valence-corrected chi connectivity index (χ0v) is 12.3. The number of carbonyl (C=O) groups is 2. The molecule has 110 valence electrons. The fraction of sp³-hybridized carbons (Fsp3) is 0.385. The highest BCUT2D eigenvalue weighted by Gasteiger charge is 2.30. The molecule has 0 fully saturated rings. The fourth-order valence-corrected chi connectivity index (χ4v) is 3.07. The van der Waals surface area contributed by atoms with Crippen molar-refractivity contribution in [3.63, 3.8) is 0 Å². The molecule has 0 bridgehead atoms. The Morgan fingerprint density at radius 2 is 1.70 bits per heavy atom. The second kappa shape index (κ2) is 6.04. The second-order valence-electron chi connectivity index (χ2n) is 4.63. The molecule has 1 aromatic carbocycles. The molecular formula is C13H17NO5S. The van der Waals surface area contributed by atoms with Crippen LogP contribution < -0.4 is 0 Å². The van der Waals surface area contributed by atoms with Crippen molar-refractivity contribution in [2.75, 3.05) is 14.1 Å². The average Bonchev–Trinajstić information content (AvgIpc) is 2.36. The SMILES string of the molecule is CC(C(=O)N(C)C)S(=O)(=O)c1ccc(CC(=O)O)cc1. The molecule has 0 aliphatic rings. The molecule has 0 saturated carbocycles. The van der Waals surface area contributed by atoms with Crippen molar-refractivity contribution in [3.05, 3.63) is 29.8 Å². The van der Waals surface area contributed by atoms with Gasteiger partial charge in [0.2, 0.25) is 5.91 Å². The van der Waals surface area contributed by atoms with E-state index in [2.05, 4.69) is 0 Å². The molecule has 20 heavy (non-hydrogen) atoms. The Kier molecular flexibility index (Phi) is 4.88. The van der Waals surface area contributed by atoms with Crippen molar-refractivity contribution in [3.8, 4) is 0 Å². The summed E-state index contributed by atoms with van der Waals surface area (Å²) in [5.41, 5.74) is 0.503. The number of carbonyl (C=O) groups excluding carboxylic acids is 1. The predicted molar refractivity (Wildman–Crippen MR) is 73.1 cm³/mol. The smallest absolute Gasteiger partial charge is 0.307 e. The zero-order valence-electron chi connectivity index (χ0n) is 11.5. The quantitative estimate of drug-likeness (QED) is 0.858. The van der Waals surface area contributed by atoms with E-state index < -0.39 is 27.0 Å². The van der Waals surface area contributed by atoms with E-state index in [-0.39, 0.29) is 11.3 Å². The minimum Gasteiger partial charge on any atom is -0.481 e. The van der Waals surface area contributed by atoms with Crippen LogP contribution in [0.4, 0.5) is 0 Å². The fourth-order valence-electron chi connectivity index (χ4n) is 1.67. The number of carboxylic acids is 1. The molecule has 1 N–H and O–H groups in total. The summed E-state index contributed by atoms with van der Waals surface area (Å²) < 4.78 is 24.5. The lowest BCUT2D eigenvalue weighted by Crippen LogP contribution is -2.37. The average molecular weight is 299 g/mol. The van der Waals surface area contributed by atoms with Crippen molar-refractivity contribution < 1.29 is 23.1 Å². The van der Waals surface area contributed by atoms with E-state index in [1.165, 1.54) is 50.2 Å². The van der Waals surface area contributed by atoms with Gasteiger partial charge in [0, 0.05) is 14.1 Å². The first-order valence-corrected chi connectivity index (χ1v) is 7.46. The van der Waals surface area contributed by atoms with Gasteiger partial charge in [0.1, 0.15) is 5.25 Å². The van der Waals surface area contributed by atoms with E-state index >= 15 is 0 Å². The molecule has 0 aromatic heterocycles. The Bertz CT molecular complexity index is 604. The monoisotopic (exact) mass is 299 g/mol. The highest BCUT2D eigenvalue weighted by atomic mass is 32.2. The van der Waals surface area contributed by atoms with Crippen molar-refractivity contribution in [1.29, 1.82) is 0 Å². The minimum absolute atomic E-state index is 0.00865. The van der Waals surface area contributed by atoms with E-state index in [0.29, 0.717) is 5.56 Å². The molecule has 1 unspecified atom stereocenters. The summed E-state index contributed by atoms with van der Waals surface area (Å²) in [5.74, 6) is -1.49. The summed E-state index contributed by atoms with van der Waals surface area (Å²) in [6.07, 6.45) is -0.174. The molecule has 0 aliphatic heterocycles. The van der Waals surface area contributed by atoms with Crippen molar-refractivity contribution in [2.24, 2.45) is 0 Å². The van der Waals surface area contributed by atoms with E-state index in [1.807, 2.05) is 0 Å². The number of amides is 1. The molecule has 0 radical (unpaired) electrons. The summed E-state index contributed by atoms with van der Waals surface area (Å²) in [4.78, 5) is 23.5. The summed E-state index contributed by atoms with van der Waals surface area (Å²) in [6, 6.07) is 5.53. The third-order valence-electron chi connectivity index (χ3n) is 2.86. The van der Waals surface area contributed by atoms with Crippen molar-refractivity contribution >= 4 is 21.7 Å². The van der Waals surface area contributed by atoms with E-state index in [0.717, 1.165) is 0 Å². The molecule has 1 rings (SSSR count). The zero-order chi connectivity index (χ0) is 15.5. The van der Waals surface area contributed by atoms with Crippen LogP contribution in [0.3, 0.4) is 0 Å². The summed E-state index contributed by atoms with van der Waals surface area (Å²) >= 11 is 0. The highest BCUT2D eigenvalue weighted by molar-refractivity contribution is 7.92. The lowest BCUT2D eigenvalue weighted by molar-refractivity contribution is -0.136. The van der Waals surface area contributed by atoms with Crippen molar-refractivity contribution in [2.45, 2.75) is 23.5 Å². The Labute approximate surface area is 117 Å². The maximum Gasteiger partial charge on any atom is 0.307 e. The molecule has 0 aliphatic carbocycles. The molecule has 1 atom stereocenters. The Morgan fingerprint density at radius 1 is 1.20 bits per heavy atom. The molecule has 7 heteroatoms. The van der Waals surface area contributed by atoms with Crippen LogP contribution >= 0.6 is 0 Å². The number of rotatable bonds is 5. The maximum absolute atomic E-state index is 12.2. The van der Waals surface area contributed by atoms with Crippen LogP contribution in [0.25, 0.3) is 0 Å². The number of hydrogen-bond acceptors (Lipinski definition) is 4. The number of carboxylic acid groups (broad SMARTS) is 1. The second-order valence-corrected chi connectivity index (χ2v) is 6.90. The third-order valence-corrected chi connectivity index (χ3v) is 4.92. The standard InChI is InChI=1S/C13H17NO5S/c1-9(13(17)14(2)3)20(18,19)11-6-4-10(5-7-11)8-12(15)16/h4-7,9H,8H2,1-3H3,(H,15,16). The van der Waals surface area contributed by atoms with Gasteiger partial charge in [0.25, 0.3) is 0 Å². The number of benzene rings is 1. The first-order chi connectivity index (χ1) is 9.16. The highest BCUT2D eigenvalue weighted by Crippen LogP contribution is 2.18. The molecular weight excluding hydrogens is 282 g/mol. The Morgan fingerprint density at radius 3 is 2.10 bits per heavy atom. The molecule has 6 nitrogen and oxygen atoms in total. The molecule has 0 spiro atoms. The van der Waals surface area contributed by atoms with Crippen LogP contribution in [0.1, 0.15) is 12.5 Å². The lowest BCUT2D eigenvalue weighted by atomic mass is 10.2. The van der Waals surface area contributed by atoms with Gasteiger partial charge in [-0.2, -0.15) is 0 Å². The Balaban J connectivity index is 3.04. The minimum atomic E-state index is -3.77. The van der Waals surface area contributed by atoms with Crippen LogP contribution in [0.5, 0.6) is 0 Å².